The summed E-state index contributed by atoms with van der Waals surface area (Å²) in [6, 6.07) is -0.537. The Kier molecular flexibility index (Phi) is 5.08. The molecule has 0 heterocycles. The molecule has 0 aromatic rings. The van der Waals surface area contributed by atoms with Gasteiger partial charge in [0.25, 0.3) is 0 Å². The third kappa shape index (κ3) is 4.58. The Morgan fingerprint density at radius 1 is 1.50 bits per heavy atom. The Morgan fingerprint density at radius 3 is 2.29 bits per heavy atom. The summed E-state index contributed by atoms with van der Waals surface area (Å²) in [6.07, 6.45) is 0.558. The molecule has 0 saturated carbocycles. The van der Waals surface area contributed by atoms with E-state index in [9.17, 15) is 4.79 Å². The van der Waals surface area contributed by atoms with Crippen LogP contribution >= 0.6 is 0 Å². The highest BCUT2D eigenvalue weighted by molar-refractivity contribution is 5.81. The number of amides is 1. The second-order valence-corrected chi connectivity index (χ2v) is 4.73. The van der Waals surface area contributed by atoms with E-state index in [0.717, 1.165) is 0 Å². The number of nitrogens with two attached hydrogens (primary N) is 1. The number of rotatable bonds is 4. The average Bonchev–Trinajstić information content (AvgIpc) is 2.01. The number of nitrogens with one attached hydrogen (secondary N) is 1. The molecular weight excluding hydrogens is 180 g/mol. The van der Waals surface area contributed by atoms with Crippen LogP contribution in [0.25, 0.3) is 0 Å². The summed E-state index contributed by atoms with van der Waals surface area (Å²) in [5, 5.41) is 11.7. The number of aliphatic hydroxyl groups excluding tert-OH is 1. The molecule has 84 valence electrons. The molecule has 0 saturated heterocycles. The van der Waals surface area contributed by atoms with E-state index in [1.165, 1.54) is 0 Å². The lowest BCUT2D eigenvalue weighted by Gasteiger charge is -2.31. The minimum atomic E-state index is -0.501. The highest BCUT2D eigenvalue weighted by Gasteiger charge is 2.26. The molecule has 4 N–H and O–H groups in total. The molecule has 2 unspecified atom stereocenters. The predicted octanol–water partition coefficient (Wildman–Crippen LogP) is 0.247. The molecule has 2 atom stereocenters. The van der Waals surface area contributed by atoms with Gasteiger partial charge in [0, 0.05) is 12.6 Å². The van der Waals surface area contributed by atoms with E-state index in [0.29, 0.717) is 6.42 Å². The highest BCUT2D eigenvalue weighted by Crippen LogP contribution is 2.21. The number of hydrogen-bond acceptors (Lipinski definition) is 3. The van der Waals surface area contributed by atoms with Gasteiger partial charge in [-0.05, 0) is 18.8 Å². The number of carbonyl (C=O) groups is 1. The monoisotopic (exact) mass is 202 g/mol. The average molecular weight is 202 g/mol. The number of hydrogen-bond donors (Lipinski definition) is 3. The summed E-state index contributed by atoms with van der Waals surface area (Å²) in [4.78, 5) is 11.4. The first-order chi connectivity index (χ1) is 6.29. The van der Waals surface area contributed by atoms with Crippen molar-refractivity contribution in [1.82, 2.24) is 5.32 Å². The fraction of sp³-hybridized carbons (Fsp3) is 0.900. The zero-order chi connectivity index (χ0) is 11.4. The second-order valence-electron chi connectivity index (χ2n) is 4.73. The molecule has 4 nitrogen and oxygen atoms in total. The molecule has 0 aromatic carbocycles. The van der Waals surface area contributed by atoms with Gasteiger partial charge in [-0.1, -0.05) is 20.8 Å². The minimum Gasteiger partial charge on any atom is -0.396 e. The van der Waals surface area contributed by atoms with Crippen molar-refractivity contribution in [2.75, 3.05) is 6.61 Å². The van der Waals surface area contributed by atoms with Crippen molar-refractivity contribution in [2.24, 2.45) is 11.1 Å². The minimum absolute atomic E-state index is 0.0361. The maximum Gasteiger partial charge on any atom is 0.236 e. The maximum absolute atomic E-state index is 11.4. The first-order valence-electron chi connectivity index (χ1n) is 4.96. The topological polar surface area (TPSA) is 75.4 Å². The van der Waals surface area contributed by atoms with E-state index >= 15 is 0 Å². The Balaban J connectivity index is 4.31. The first-order valence-corrected chi connectivity index (χ1v) is 4.96. The van der Waals surface area contributed by atoms with Crippen LogP contribution in [0, 0.1) is 5.41 Å². The van der Waals surface area contributed by atoms with Crippen LogP contribution in [0.2, 0.25) is 0 Å². The standard InChI is InChI=1S/C10H22N2O2/c1-7(11)9(14)12-8(5-6-13)10(2,3)4/h7-8,13H,5-6,11H2,1-4H3,(H,12,14). The lowest BCUT2D eigenvalue weighted by atomic mass is 9.85. The Labute approximate surface area is 85.9 Å². The smallest absolute Gasteiger partial charge is 0.236 e. The van der Waals surface area contributed by atoms with Crippen molar-refractivity contribution in [1.29, 1.82) is 0 Å². The van der Waals surface area contributed by atoms with Crippen LogP contribution < -0.4 is 11.1 Å². The summed E-state index contributed by atoms with van der Waals surface area (Å²) >= 11 is 0. The van der Waals surface area contributed by atoms with E-state index in [4.69, 9.17) is 10.8 Å². The summed E-state index contributed by atoms with van der Waals surface area (Å²) in [6.45, 7) is 7.79. The van der Waals surface area contributed by atoms with Crippen LogP contribution in [-0.4, -0.2) is 29.7 Å². The van der Waals surface area contributed by atoms with Gasteiger partial charge in [0.15, 0.2) is 0 Å². The van der Waals surface area contributed by atoms with Crippen LogP contribution in [0.4, 0.5) is 0 Å². The molecule has 0 fully saturated rings. The molecule has 14 heavy (non-hydrogen) atoms. The number of aliphatic hydroxyl groups is 1. The molecule has 0 aromatic heterocycles. The predicted molar refractivity (Wildman–Crippen MR) is 56.7 cm³/mol. The fourth-order valence-electron chi connectivity index (χ4n) is 1.15. The molecule has 0 spiro atoms. The van der Waals surface area contributed by atoms with Crippen molar-refractivity contribution in [2.45, 2.75) is 46.2 Å². The molecule has 0 bridgehead atoms. The Hall–Kier alpha value is -0.610. The van der Waals surface area contributed by atoms with Gasteiger partial charge in [-0.25, -0.2) is 0 Å². The molecule has 1 amide bonds. The quantitative estimate of drug-likeness (QED) is 0.611. The van der Waals surface area contributed by atoms with Gasteiger partial charge in [0.2, 0.25) is 5.91 Å². The largest absolute Gasteiger partial charge is 0.396 e. The molecule has 0 aliphatic rings. The van der Waals surface area contributed by atoms with E-state index in [1.807, 2.05) is 20.8 Å². The van der Waals surface area contributed by atoms with Gasteiger partial charge < -0.3 is 16.2 Å². The van der Waals surface area contributed by atoms with Crippen molar-refractivity contribution in [3.05, 3.63) is 0 Å². The van der Waals surface area contributed by atoms with Crippen molar-refractivity contribution in [3.8, 4) is 0 Å². The van der Waals surface area contributed by atoms with E-state index in [-0.39, 0.29) is 24.0 Å². The van der Waals surface area contributed by atoms with Crippen LogP contribution in [0.15, 0.2) is 0 Å². The third-order valence-electron chi connectivity index (χ3n) is 2.19. The van der Waals surface area contributed by atoms with E-state index in [1.54, 1.807) is 6.92 Å². The summed E-state index contributed by atoms with van der Waals surface area (Å²) in [7, 11) is 0. The van der Waals surface area contributed by atoms with Crippen LogP contribution in [0.1, 0.15) is 34.1 Å². The summed E-state index contributed by atoms with van der Waals surface area (Å²) in [5.74, 6) is -0.168. The third-order valence-corrected chi connectivity index (χ3v) is 2.19. The van der Waals surface area contributed by atoms with Gasteiger partial charge in [0.05, 0.1) is 6.04 Å². The molecular formula is C10H22N2O2. The van der Waals surface area contributed by atoms with Crippen molar-refractivity contribution in [3.63, 3.8) is 0 Å². The van der Waals surface area contributed by atoms with Gasteiger partial charge in [-0.2, -0.15) is 0 Å². The van der Waals surface area contributed by atoms with Gasteiger partial charge in [0.1, 0.15) is 0 Å². The van der Waals surface area contributed by atoms with Crippen molar-refractivity contribution >= 4 is 5.91 Å². The molecule has 0 aliphatic carbocycles. The zero-order valence-corrected chi connectivity index (χ0v) is 9.50. The summed E-state index contributed by atoms with van der Waals surface area (Å²) < 4.78 is 0. The van der Waals surface area contributed by atoms with Gasteiger partial charge in [-0.15, -0.1) is 0 Å². The molecule has 0 radical (unpaired) electrons. The lowest BCUT2D eigenvalue weighted by molar-refractivity contribution is -0.123. The van der Waals surface area contributed by atoms with Crippen molar-refractivity contribution < 1.29 is 9.90 Å². The van der Waals surface area contributed by atoms with Gasteiger partial charge in [-0.3, -0.25) is 4.79 Å². The maximum atomic E-state index is 11.4. The van der Waals surface area contributed by atoms with Crippen LogP contribution in [0.5, 0.6) is 0 Å². The SMILES string of the molecule is CC(N)C(=O)NC(CCO)C(C)(C)C. The normalized spacial score (nSPS) is 16.1. The highest BCUT2D eigenvalue weighted by atomic mass is 16.3. The molecule has 4 heteroatoms. The first kappa shape index (κ1) is 13.4. The van der Waals surface area contributed by atoms with Gasteiger partial charge >= 0.3 is 0 Å². The number of carbonyl (C=O) groups excluding carboxylic acids is 1. The fourth-order valence-corrected chi connectivity index (χ4v) is 1.15. The Bertz CT molecular complexity index is 185. The van der Waals surface area contributed by atoms with E-state index < -0.39 is 6.04 Å². The van der Waals surface area contributed by atoms with Crippen LogP contribution in [0.3, 0.4) is 0 Å². The van der Waals surface area contributed by atoms with Crippen LogP contribution in [-0.2, 0) is 4.79 Å². The van der Waals surface area contributed by atoms with E-state index in [2.05, 4.69) is 5.32 Å². The molecule has 0 aliphatic heterocycles. The Morgan fingerprint density at radius 2 is 2.00 bits per heavy atom. The zero-order valence-electron chi connectivity index (χ0n) is 9.50. The lowest BCUT2D eigenvalue weighted by Crippen LogP contribution is -2.49. The second kappa shape index (κ2) is 5.32. The molecule has 0 rings (SSSR count). The summed E-state index contributed by atoms with van der Waals surface area (Å²) in [5.41, 5.74) is 5.39.